The van der Waals surface area contributed by atoms with E-state index in [1.54, 1.807) is 25.1 Å². The van der Waals surface area contributed by atoms with E-state index >= 15 is 0 Å². The number of rotatable bonds is 11. The average Bonchev–Trinajstić information content (AvgIpc) is 3.44. The van der Waals surface area contributed by atoms with E-state index in [2.05, 4.69) is 17.2 Å². The molecule has 4 rings (SSSR count). The van der Waals surface area contributed by atoms with Gasteiger partial charge in [-0.1, -0.05) is 18.3 Å². The third-order valence-electron chi connectivity index (χ3n) is 6.64. The van der Waals surface area contributed by atoms with Crippen LogP contribution in [-0.4, -0.2) is 68.6 Å². The number of methoxy groups -OCH3 is 1. The third-order valence-corrected chi connectivity index (χ3v) is 10.2. The zero-order chi connectivity index (χ0) is 31.3. The SMILES string of the molecule is CCOC(=O)c1c(NC(=O)CS(=O)(=O)CC(=O)N=c2sc3cc(OCC)ccc3n2CC(=O)OC)sc2c1CCC(C)C2. The van der Waals surface area contributed by atoms with E-state index in [1.807, 2.05) is 6.92 Å². The molecule has 43 heavy (non-hydrogen) atoms. The Morgan fingerprint density at radius 3 is 2.58 bits per heavy atom. The first kappa shape index (κ1) is 32.4. The summed E-state index contributed by atoms with van der Waals surface area (Å²) in [5.74, 6) is -4.05. The molecule has 1 aromatic carbocycles. The Bertz CT molecular complexity index is 1730. The van der Waals surface area contributed by atoms with Crippen LogP contribution in [0, 0.1) is 5.92 Å². The van der Waals surface area contributed by atoms with E-state index in [4.69, 9.17) is 14.2 Å². The molecule has 0 spiro atoms. The molecule has 3 aromatic rings. The first-order valence-corrected chi connectivity index (χ1v) is 17.1. The number of anilines is 1. The molecular weight excluding hydrogens is 619 g/mol. The molecule has 0 radical (unpaired) electrons. The van der Waals surface area contributed by atoms with Gasteiger partial charge in [-0.3, -0.25) is 14.4 Å². The van der Waals surface area contributed by atoms with Crippen molar-refractivity contribution < 1.29 is 41.8 Å². The molecule has 232 valence electrons. The zero-order valence-electron chi connectivity index (χ0n) is 24.3. The van der Waals surface area contributed by atoms with Gasteiger partial charge in [-0.2, -0.15) is 4.99 Å². The highest BCUT2D eigenvalue weighted by Gasteiger charge is 2.30. The van der Waals surface area contributed by atoms with Gasteiger partial charge in [0, 0.05) is 4.88 Å². The Kier molecular flexibility index (Phi) is 10.4. The molecule has 0 fully saturated rings. The number of aromatic nitrogens is 1. The molecule has 2 heterocycles. The van der Waals surface area contributed by atoms with Crippen LogP contribution in [0.4, 0.5) is 5.00 Å². The summed E-state index contributed by atoms with van der Waals surface area (Å²) >= 11 is 2.32. The van der Waals surface area contributed by atoms with E-state index in [-0.39, 0.29) is 28.5 Å². The van der Waals surface area contributed by atoms with Crippen LogP contribution in [0.2, 0.25) is 0 Å². The molecule has 15 heteroatoms. The molecule has 1 N–H and O–H groups in total. The maximum atomic E-state index is 12.9. The molecule has 0 saturated heterocycles. The van der Waals surface area contributed by atoms with Crippen LogP contribution in [0.3, 0.4) is 0 Å². The monoisotopic (exact) mass is 651 g/mol. The number of sulfone groups is 1. The maximum absolute atomic E-state index is 12.9. The predicted octanol–water partition coefficient (Wildman–Crippen LogP) is 3.12. The van der Waals surface area contributed by atoms with Crippen molar-refractivity contribution in [1.29, 1.82) is 0 Å². The lowest BCUT2D eigenvalue weighted by atomic mass is 9.88. The van der Waals surface area contributed by atoms with Gasteiger partial charge < -0.3 is 24.1 Å². The number of nitrogens with zero attached hydrogens (tertiary/aromatic N) is 2. The number of amides is 2. The van der Waals surface area contributed by atoms with E-state index in [9.17, 15) is 27.6 Å². The van der Waals surface area contributed by atoms with Gasteiger partial charge in [0.25, 0.3) is 5.91 Å². The second-order valence-corrected chi connectivity index (χ2v) is 14.2. The Balaban J connectivity index is 1.54. The minimum atomic E-state index is -4.24. The van der Waals surface area contributed by atoms with Crippen molar-refractivity contribution in [3.63, 3.8) is 0 Å². The average molecular weight is 652 g/mol. The molecule has 1 atom stereocenters. The van der Waals surface area contributed by atoms with E-state index in [1.165, 1.54) is 23.0 Å². The highest BCUT2D eigenvalue weighted by molar-refractivity contribution is 7.92. The highest BCUT2D eigenvalue weighted by Crippen LogP contribution is 2.40. The Morgan fingerprint density at radius 2 is 1.88 bits per heavy atom. The molecule has 1 aliphatic carbocycles. The van der Waals surface area contributed by atoms with Crippen LogP contribution >= 0.6 is 22.7 Å². The number of thiophene rings is 1. The van der Waals surface area contributed by atoms with Crippen LogP contribution in [0.15, 0.2) is 23.2 Å². The number of nitrogens with one attached hydrogen (secondary N) is 1. The summed E-state index contributed by atoms with van der Waals surface area (Å²) in [5, 5.41) is 2.81. The molecule has 2 amide bonds. The maximum Gasteiger partial charge on any atom is 0.341 e. The predicted molar refractivity (Wildman–Crippen MR) is 162 cm³/mol. The molecule has 1 aliphatic rings. The smallest absolute Gasteiger partial charge is 0.341 e. The number of hydrogen-bond acceptors (Lipinski definition) is 11. The van der Waals surface area contributed by atoms with Crippen LogP contribution in [0.5, 0.6) is 5.75 Å². The van der Waals surface area contributed by atoms with Crippen molar-refractivity contribution in [3.8, 4) is 5.75 Å². The summed E-state index contributed by atoms with van der Waals surface area (Å²) in [5.41, 5.74) is 1.67. The van der Waals surface area contributed by atoms with Crippen molar-refractivity contribution in [2.45, 2.75) is 46.6 Å². The third kappa shape index (κ3) is 7.89. The summed E-state index contributed by atoms with van der Waals surface area (Å²) in [6.45, 7) is 5.97. The first-order chi connectivity index (χ1) is 20.4. The van der Waals surface area contributed by atoms with Crippen LogP contribution in [-0.2, 0) is 53.1 Å². The number of benzene rings is 1. The summed E-state index contributed by atoms with van der Waals surface area (Å²) in [6, 6.07) is 5.15. The van der Waals surface area contributed by atoms with Gasteiger partial charge in [-0.25, -0.2) is 13.2 Å². The van der Waals surface area contributed by atoms with Crippen molar-refractivity contribution in [1.82, 2.24) is 4.57 Å². The molecule has 0 aliphatic heterocycles. The van der Waals surface area contributed by atoms with Gasteiger partial charge in [0.2, 0.25) is 5.91 Å². The number of esters is 2. The minimum absolute atomic E-state index is 0.0937. The summed E-state index contributed by atoms with van der Waals surface area (Å²) in [7, 11) is -3.01. The van der Waals surface area contributed by atoms with Gasteiger partial charge in [-0.15, -0.1) is 11.3 Å². The standard InChI is InChI=1S/C28H33N3O9S3/c1-5-39-17-8-10-19-21(12-17)42-28(31(19)13-24(34)38-4)30-23(33)15-43(36,37)14-22(32)29-26-25(27(35)40-6-2)18-9-7-16(3)11-20(18)41-26/h8,10,12,16H,5-7,9,11,13-15H2,1-4H3,(H,29,32). The van der Waals surface area contributed by atoms with E-state index in [0.29, 0.717) is 34.9 Å². The molecule has 12 nitrogen and oxygen atoms in total. The highest BCUT2D eigenvalue weighted by atomic mass is 32.2. The summed E-state index contributed by atoms with van der Waals surface area (Å²) < 4.78 is 43.3. The number of carbonyl (C=O) groups excluding carboxylic acids is 4. The number of carbonyl (C=O) groups is 4. The summed E-state index contributed by atoms with van der Waals surface area (Å²) in [6.07, 6.45) is 2.29. The second kappa shape index (κ2) is 13.8. The van der Waals surface area contributed by atoms with Gasteiger partial charge in [0.15, 0.2) is 14.6 Å². The van der Waals surface area contributed by atoms with Crippen LogP contribution in [0.25, 0.3) is 10.2 Å². The summed E-state index contributed by atoms with van der Waals surface area (Å²) in [4.78, 5) is 55.5. The van der Waals surface area contributed by atoms with E-state index in [0.717, 1.165) is 34.6 Å². The van der Waals surface area contributed by atoms with Crippen LogP contribution in [0.1, 0.15) is 48.0 Å². The zero-order valence-corrected chi connectivity index (χ0v) is 26.7. The normalized spacial score (nSPS) is 15.2. The second-order valence-electron chi connectivity index (χ2n) is 9.97. The number of fused-ring (bicyclic) bond motifs is 2. The first-order valence-electron chi connectivity index (χ1n) is 13.7. The Morgan fingerprint density at radius 1 is 1.12 bits per heavy atom. The number of thiazole rings is 1. The molecular formula is C28H33N3O9S3. The molecule has 0 bridgehead atoms. The van der Waals surface area contributed by atoms with Crippen molar-refractivity contribution in [2.75, 3.05) is 37.1 Å². The Labute approximate surface area is 256 Å². The Hall–Kier alpha value is -3.56. The fourth-order valence-corrected chi connectivity index (χ4v) is 8.25. The lowest BCUT2D eigenvalue weighted by Gasteiger charge is -2.18. The molecule has 0 saturated carbocycles. The minimum Gasteiger partial charge on any atom is -0.494 e. The van der Waals surface area contributed by atoms with E-state index < -0.39 is 45.1 Å². The van der Waals surface area contributed by atoms with Crippen molar-refractivity contribution in [2.24, 2.45) is 10.9 Å². The number of ether oxygens (including phenoxy) is 3. The van der Waals surface area contributed by atoms with Gasteiger partial charge in [0.05, 0.1) is 36.1 Å². The lowest BCUT2D eigenvalue weighted by Crippen LogP contribution is -2.29. The quantitative estimate of drug-likeness (QED) is 0.307. The largest absolute Gasteiger partial charge is 0.494 e. The van der Waals surface area contributed by atoms with Crippen molar-refractivity contribution >= 4 is 71.5 Å². The fraction of sp³-hybridized carbons (Fsp3) is 0.464. The van der Waals surface area contributed by atoms with Crippen LogP contribution < -0.4 is 14.9 Å². The topological polar surface area (TPSA) is 159 Å². The lowest BCUT2D eigenvalue weighted by molar-refractivity contribution is -0.141. The molecule has 2 aromatic heterocycles. The van der Waals surface area contributed by atoms with Gasteiger partial charge in [-0.05, 0) is 62.8 Å². The van der Waals surface area contributed by atoms with Gasteiger partial charge >= 0.3 is 11.9 Å². The fourth-order valence-electron chi connectivity index (χ4n) is 4.74. The van der Waals surface area contributed by atoms with Crippen molar-refractivity contribution in [3.05, 3.63) is 39.0 Å². The molecule has 1 unspecified atom stereocenters. The van der Waals surface area contributed by atoms with Gasteiger partial charge in [0.1, 0.15) is 28.8 Å². The number of hydrogen-bond donors (Lipinski definition) is 1.